The smallest absolute Gasteiger partial charge is 0.342 e. The first kappa shape index (κ1) is 22.0. The molecule has 0 radical (unpaired) electrons. The van der Waals surface area contributed by atoms with Gasteiger partial charge < -0.3 is 24.3 Å². The summed E-state index contributed by atoms with van der Waals surface area (Å²) in [7, 11) is 0.355. The standard InChI is InChI=1S/C18H20N2O8S/c1-25-14-9-8-13(16(26-2)17(14)27-3)18(22)28-10-15(21)20-11-4-6-12(7-5-11)29(19,23)24/h4-9H,10H2,1-3H3,(H,20,21)(H2,19,23,24). The minimum atomic E-state index is -3.83. The molecule has 29 heavy (non-hydrogen) atoms. The molecule has 156 valence electrons. The van der Waals surface area contributed by atoms with E-state index < -0.39 is 28.5 Å². The summed E-state index contributed by atoms with van der Waals surface area (Å²) in [6, 6.07) is 8.13. The van der Waals surface area contributed by atoms with Gasteiger partial charge in [-0.3, -0.25) is 4.79 Å². The molecule has 0 aliphatic heterocycles. The number of rotatable bonds is 8. The Balaban J connectivity index is 2.04. The monoisotopic (exact) mass is 424 g/mol. The van der Waals surface area contributed by atoms with Gasteiger partial charge in [0.05, 0.1) is 26.2 Å². The van der Waals surface area contributed by atoms with Crippen LogP contribution in [-0.4, -0.2) is 48.2 Å². The first-order chi connectivity index (χ1) is 13.7. The number of ether oxygens (including phenoxy) is 4. The van der Waals surface area contributed by atoms with E-state index in [9.17, 15) is 18.0 Å². The van der Waals surface area contributed by atoms with Gasteiger partial charge in [-0.05, 0) is 36.4 Å². The van der Waals surface area contributed by atoms with Gasteiger partial charge >= 0.3 is 5.97 Å². The van der Waals surface area contributed by atoms with Crippen LogP contribution in [0.1, 0.15) is 10.4 Å². The summed E-state index contributed by atoms with van der Waals surface area (Å²) in [6.45, 7) is -0.576. The van der Waals surface area contributed by atoms with E-state index in [2.05, 4.69) is 5.32 Å². The molecule has 0 atom stereocenters. The fourth-order valence-corrected chi connectivity index (χ4v) is 2.91. The normalized spacial score (nSPS) is 10.8. The van der Waals surface area contributed by atoms with Crippen molar-refractivity contribution >= 4 is 27.6 Å². The average molecular weight is 424 g/mol. The van der Waals surface area contributed by atoms with Crippen molar-refractivity contribution in [3.05, 3.63) is 42.0 Å². The van der Waals surface area contributed by atoms with Crippen LogP contribution in [0.3, 0.4) is 0 Å². The number of hydrogen-bond acceptors (Lipinski definition) is 8. The molecule has 2 aromatic rings. The zero-order valence-corrected chi connectivity index (χ0v) is 16.7. The molecule has 0 bridgehead atoms. The Labute approximate surface area is 167 Å². The van der Waals surface area contributed by atoms with Gasteiger partial charge in [-0.1, -0.05) is 0 Å². The molecule has 0 heterocycles. The number of amides is 1. The number of primary sulfonamides is 1. The summed E-state index contributed by atoms with van der Waals surface area (Å²) < 4.78 is 43.0. The molecule has 2 rings (SSSR count). The van der Waals surface area contributed by atoms with Crippen molar-refractivity contribution in [1.29, 1.82) is 0 Å². The maximum absolute atomic E-state index is 12.3. The molecule has 2 aromatic carbocycles. The Kier molecular flexibility index (Phi) is 7.02. The highest BCUT2D eigenvalue weighted by atomic mass is 32.2. The van der Waals surface area contributed by atoms with E-state index >= 15 is 0 Å². The molecule has 1 amide bonds. The Morgan fingerprint density at radius 3 is 2.07 bits per heavy atom. The van der Waals surface area contributed by atoms with Crippen molar-refractivity contribution in [3.63, 3.8) is 0 Å². The quantitative estimate of drug-likeness (QED) is 0.601. The molecule has 0 aliphatic rings. The minimum Gasteiger partial charge on any atom is -0.493 e. The van der Waals surface area contributed by atoms with Gasteiger partial charge in [-0.15, -0.1) is 0 Å². The Hall–Kier alpha value is -3.31. The van der Waals surface area contributed by atoms with Gasteiger partial charge in [0.15, 0.2) is 18.1 Å². The molecule has 0 spiro atoms. The van der Waals surface area contributed by atoms with Crippen molar-refractivity contribution in [3.8, 4) is 17.2 Å². The second-order valence-corrected chi connectivity index (χ2v) is 7.14. The van der Waals surface area contributed by atoms with E-state index in [-0.39, 0.29) is 22.0 Å². The SMILES string of the molecule is COc1ccc(C(=O)OCC(=O)Nc2ccc(S(N)(=O)=O)cc2)c(OC)c1OC. The van der Waals surface area contributed by atoms with Crippen LogP contribution < -0.4 is 24.7 Å². The van der Waals surface area contributed by atoms with Crippen LogP contribution in [0.5, 0.6) is 17.2 Å². The van der Waals surface area contributed by atoms with Gasteiger partial charge in [0.1, 0.15) is 5.56 Å². The van der Waals surface area contributed by atoms with E-state index in [0.717, 1.165) is 0 Å². The Morgan fingerprint density at radius 1 is 0.931 bits per heavy atom. The lowest BCUT2D eigenvalue weighted by Crippen LogP contribution is -2.21. The molecule has 0 unspecified atom stereocenters. The summed E-state index contributed by atoms with van der Waals surface area (Å²) >= 11 is 0. The summed E-state index contributed by atoms with van der Waals surface area (Å²) in [4.78, 5) is 24.3. The third kappa shape index (κ3) is 5.36. The largest absolute Gasteiger partial charge is 0.493 e. The van der Waals surface area contributed by atoms with Crippen LogP contribution in [0.15, 0.2) is 41.3 Å². The summed E-state index contributed by atoms with van der Waals surface area (Å²) in [5.74, 6) is -0.745. The van der Waals surface area contributed by atoms with Crippen molar-refractivity contribution < 1.29 is 37.0 Å². The highest BCUT2D eigenvalue weighted by Gasteiger charge is 2.22. The number of nitrogens with one attached hydrogen (secondary N) is 1. The maximum atomic E-state index is 12.3. The Morgan fingerprint density at radius 2 is 1.55 bits per heavy atom. The summed E-state index contributed by atoms with van der Waals surface area (Å²) in [6.07, 6.45) is 0. The molecule has 0 saturated carbocycles. The molecule has 0 fully saturated rings. The first-order valence-electron chi connectivity index (χ1n) is 8.10. The molecule has 11 heteroatoms. The average Bonchev–Trinajstić information content (AvgIpc) is 2.70. The molecule has 0 aliphatic carbocycles. The molecular formula is C18H20N2O8S. The van der Waals surface area contributed by atoms with E-state index in [1.54, 1.807) is 0 Å². The number of hydrogen-bond donors (Lipinski definition) is 2. The van der Waals surface area contributed by atoms with Crippen molar-refractivity contribution in [1.82, 2.24) is 0 Å². The number of anilines is 1. The number of methoxy groups -OCH3 is 3. The van der Waals surface area contributed by atoms with Gasteiger partial charge in [0.2, 0.25) is 15.8 Å². The lowest BCUT2D eigenvalue weighted by molar-refractivity contribution is -0.119. The minimum absolute atomic E-state index is 0.0513. The number of esters is 1. The van der Waals surface area contributed by atoms with Gasteiger partial charge in [-0.2, -0.15) is 0 Å². The zero-order chi connectivity index (χ0) is 21.6. The van der Waals surface area contributed by atoms with E-state index in [1.807, 2.05) is 0 Å². The Bertz CT molecular complexity index is 1000. The molecular weight excluding hydrogens is 404 g/mol. The fraction of sp³-hybridized carbons (Fsp3) is 0.222. The first-order valence-corrected chi connectivity index (χ1v) is 9.64. The third-order valence-electron chi connectivity index (χ3n) is 3.73. The molecule has 0 aromatic heterocycles. The van der Waals surface area contributed by atoms with Crippen molar-refractivity contribution in [2.45, 2.75) is 4.90 Å². The molecule has 3 N–H and O–H groups in total. The van der Waals surface area contributed by atoms with Gasteiger partial charge in [0.25, 0.3) is 5.91 Å². The van der Waals surface area contributed by atoms with Gasteiger partial charge in [0, 0.05) is 5.69 Å². The van der Waals surface area contributed by atoms with Crippen LogP contribution in [0.2, 0.25) is 0 Å². The predicted octanol–water partition coefficient (Wildman–Crippen LogP) is 1.16. The molecule has 0 saturated heterocycles. The fourth-order valence-electron chi connectivity index (χ4n) is 2.40. The highest BCUT2D eigenvalue weighted by Crippen LogP contribution is 2.39. The lowest BCUT2D eigenvalue weighted by Gasteiger charge is -2.15. The summed E-state index contributed by atoms with van der Waals surface area (Å²) in [5, 5.41) is 7.48. The van der Waals surface area contributed by atoms with Crippen LogP contribution in [0.4, 0.5) is 5.69 Å². The topological polar surface area (TPSA) is 143 Å². The van der Waals surface area contributed by atoms with Crippen LogP contribution in [-0.2, 0) is 19.6 Å². The molecule has 10 nitrogen and oxygen atoms in total. The predicted molar refractivity (Wildman–Crippen MR) is 103 cm³/mol. The van der Waals surface area contributed by atoms with Crippen LogP contribution in [0.25, 0.3) is 0 Å². The number of carbonyl (C=O) groups excluding carboxylic acids is 2. The van der Waals surface area contributed by atoms with E-state index in [0.29, 0.717) is 11.4 Å². The highest BCUT2D eigenvalue weighted by molar-refractivity contribution is 7.89. The maximum Gasteiger partial charge on any atom is 0.342 e. The number of nitrogens with two attached hydrogens (primary N) is 1. The third-order valence-corrected chi connectivity index (χ3v) is 4.65. The number of benzene rings is 2. The van der Waals surface area contributed by atoms with Gasteiger partial charge in [-0.25, -0.2) is 18.4 Å². The summed E-state index contributed by atoms with van der Waals surface area (Å²) in [5.41, 5.74) is 0.359. The second-order valence-electron chi connectivity index (χ2n) is 5.58. The second kappa shape index (κ2) is 9.26. The van der Waals surface area contributed by atoms with Crippen molar-refractivity contribution in [2.75, 3.05) is 33.3 Å². The lowest BCUT2D eigenvalue weighted by atomic mass is 10.1. The number of sulfonamides is 1. The zero-order valence-electron chi connectivity index (χ0n) is 15.9. The van der Waals surface area contributed by atoms with Crippen LogP contribution in [0, 0.1) is 0 Å². The van der Waals surface area contributed by atoms with Crippen LogP contribution >= 0.6 is 0 Å². The van der Waals surface area contributed by atoms with E-state index in [1.165, 1.54) is 57.7 Å². The number of carbonyl (C=O) groups is 2. The van der Waals surface area contributed by atoms with E-state index in [4.69, 9.17) is 24.1 Å². The van der Waals surface area contributed by atoms with Crippen molar-refractivity contribution in [2.24, 2.45) is 5.14 Å².